The molecule has 0 saturated carbocycles. The van der Waals surface area contributed by atoms with Gasteiger partial charge in [-0.05, 0) is 30.7 Å². The first kappa shape index (κ1) is 17.8. The summed E-state index contributed by atoms with van der Waals surface area (Å²) in [6.07, 6.45) is 2.89. The number of benzene rings is 2. The molecule has 6 nitrogen and oxygen atoms in total. The molecular weight excluding hydrogens is 326 g/mol. The summed E-state index contributed by atoms with van der Waals surface area (Å²) in [6.45, 7) is 3.04. The lowest BCUT2D eigenvalue weighted by molar-refractivity contribution is 0.322. The van der Waals surface area contributed by atoms with E-state index in [1.807, 2.05) is 54.9 Å². The molecule has 1 heterocycles. The van der Waals surface area contributed by atoms with Crippen molar-refractivity contribution < 1.29 is 4.74 Å². The molecule has 0 bridgehead atoms. The van der Waals surface area contributed by atoms with Gasteiger partial charge in [-0.2, -0.15) is 0 Å². The maximum atomic E-state index is 5.66. The first-order valence-corrected chi connectivity index (χ1v) is 8.89. The Morgan fingerprint density at radius 2 is 1.81 bits per heavy atom. The zero-order valence-corrected chi connectivity index (χ0v) is 15.1. The van der Waals surface area contributed by atoms with Crippen LogP contribution in [0.1, 0.15) is 6.42 Å². The van der Waals surface area contributed by atoms with Gasteiger partial charge in [-0.3, -0.25) is 4.99 Å². The van der Waals surface area contributed by atoms with Crippen molar-refractivity contribution in [2.75, 3.05) is 26.7 Å². The maximum absolute atomic E-state index is 5.66. The van der Waals surface area contributed by atoms with Crippen LogP contribution in [0.15, 0.2) is 65.9 Å². The molecule has 26 heavy (non-hydrogen) atoms. The third-order valence-electron chi connectivity index (χ3n) is 4.03. The lowest BCUT2D eigenvalue weighted by Crippen LogP contribution is -2.39. The van der Waals surface area contributed by atoms with Crippen LogP contribution in [-0.4, -0.2) is 42.3 Å². The minimum absolute atomic E-state index is 0.589. The first-order valence-electron chi connectivity index (χ1n) is 8.89. The zero-order valence-electron chi connectivity index (χ0n) is 15.1. The minimum atomic E-state index is 0.589. The van der Waals surface area contributed by atoms with Crippen molar-refractivity contribution in [1.29, 1.82) is 0 Å². The van der Waals surface area contributed by atoms with Crippen molar-refractivity contribution >= 4 is 17.0 Å². The molecule has 0 radical (unpaired) electrons. The fourth-order valence-electron chi connectivity index (χ4n) is 2.72. The smallest absolute Gasteiger partial charge is 0.191 e. The fourth-order valence-corrected chi connectivity index (χ4v) is 2.72. The molecule has 2 aromatic carbocycles. The number of rotatable bonds is 8. The molecule has 0 amide bonds. The van der Waals surface area contributed by atoms with Crippen LogP contribution in [0.25, 0.3) is 11.0 Å². The average molecular weight is 351 g/mol. The Morgan fingerprint density at radius 1 is 1.04 bits per heavy atom. The first-order chi connectivity index (χ1) is 12.9. The second-order valence-electron chi connectivity index (χ2n) is 5.87. The highest BCUT2D eigenvalue weighted by Gasteiger charge is 2.01. The van der Waals surface area contributed by atoms with Gasteiger partial charge in [0, 0.05) is 20.1 Å². The predicted octanol–water partition coefficient (Wildman–Crippen LogP) is 2.67. The maximum Gasteiger partial charge on any atom is 0.191 e. The summed E-state index contributed by atoms with van der Waals surface area (Å²) in [5.41, 5.74) is 2.21. The Balaban J connectivity index is 1.34. The van der Waals surface area contributed by atoms with Crippen molar-refractivity contribution in [1.82, 2.24) is 20.2 Å². The van der Waals surface area contributed by atoms with E-state index in [-0.39, 0.29) is 0 Å². The Bertz CT molecular complexity index is 828. The Morgan fingerprint density at radius 3 is 2.65 bits per heavy atom. The summed E-state index contributed by atoms with van der Waals surface area (Å²) < 4.78 is 7.84. The van der Waals surface area contributed by atoms with E-state index in [2.05, 4.69) is 31.2 Å². The van der Waals surface area contributed by atoms with Gasteiger partial charge >= 0.3 is 0 Å². The van der Waals surface area contributed by atoms with Crippen LogP contribution in [0.4, 0.5) is 0 Å². The number of hydrogen-bond donors (Lipinski definition) is 2. The van der Waals surface area contributed by atoms with Gasteiger partial charge in [0.2, 0.25) is 0 Å². The third kappa shape index (κ3) is 4.99. The van der Waals surface area contributed by atoms with Gasteiger partial charge in [-0.1, -0.05) is 30.3 Å². The van der Waals surface area contributed by atoms with Crippen LogP contribution < -0.4 is 15.4 Å². The summed E-state index contributed by atoms with van der Waals surface area (Å²) in [6, 6.07) is 18.0. The third-order valence-corrected chi connectivity index (χ3v) is 4.03. The Hall–Kier alpha value is -3.02. The largest absolute Gasteiger partial charge is 0.492 e. The molecule has 2 N–H and O–H groups in total. The number of imidazole rings is 1. The molecule has 0 atom stereocenters. The van der Waals surface area contributed by atoms with E-state index in [4.69, 9.17) is 4.74 Å². The quantitative estimate of drug-likeness (QED) is 0.372. The summed E-state index contributed by atoms with van der Waals surface area (Å²) in [4.78, 5) is 8.65. The standard InChI is InChI=1S/C20H25N5O/c1-21-20(23-13-15-26-17-8-3-2-4-9-17)22-12-7-14-25-16-24-18-10-5-6-11-19(18)25/h2-6,8-11,16H,7,12-15H2,1H3,(H2,21,22,23). The summed E-state index contributed by atoms with van der Waals surface area (Å²) >= 11 is 0. The van der Waals surface area contributed by atoms with E-state index in [0.717, 1.165) is 36.7 Å². The second-order valence-corrected chi connectivity index (χ2v) is 5.87. The van der Waals surface area contributed by atoms with E-state index in [0.29, 0.717) is 13.2 Å². The second kappa shape index (κ2) is 9.46. The van der Waals surface area contributed by atoms with Gasteiger partial charge in [0.15, 0.2) is 5.96 Å². The molecule has 6 heteroatoms. The van der Waals surface area contributed by atoms with Gasteiger partial charge < -0.3 is 19.9 Å². The van der Waals surface area contributed by atoms with Gasteiger partial charge in [-0.15, -0.1) is 0 Å². The van der Waals surface area contributed by atoms with E-state index in [1.165, 1.54) is 5.52 Å². The number of aliphatic imine (C=N–C) groups is 1. The lowest BCUT2D eigenvalue weighted by atomic mass is 10.3. The number of nitrogens with zero attached hydrogens (tertiary/aromatic N) is 3. The van der Waals surface area contributed by atoms with Crippen LogP contribution in [0.5, 0.6) is 5.75 Å². The predicted molar refractivity (Wildman–Crippen MR) is 106 cm³/mol. The van der Waals surface area contributed by atoms with Crippen LogP contribution in [-0.2, 0) is 6.54 Å². The number of guanidine groups is 1. The van der Waals surface area contributed by atoms with Crippen LogP contribution in [0, 0.1) is 0 Å². The molecule has 3 rings (SSSR count). The SMILES string of the molecule is CN=C(NCCCn1cnc2ccccc21)NCCOc1ccccc1. The molecule has 0 spiro atoms. The highest BCUT2D eigenvalue weighted by molar-refractivity contribution is 5.79. The zero-order chi connectivity index (χ0) is 18.0. The van der Waals surface area contributed by atoms with E-state index >= 15 is 0 Å². The molecule has 0 aliphatic carbocycles. The summed E-state index contributed by atoms with van der Waals surface area (Å²) in [5, 5.41) is 6.59. The van der Waals surface area contributed by atoms with Crippen molar-refractivity contribution in [2.24, 2.45) is 4.99 Å². The number of nitrogens with one attached hydrogen (secondary N) is 2. The molecule has 0 aliphatic heterocycles. The summed E-state index contributed by atoms with van der Waals surface area (Å²) in [5.74, 6) is 1.67. The number of ether oxygens (including phenoxy) is 1. The lowest BCUT2D eigenvalue weighted by Gasteiger charge is -2.12. The molecule has 1 aromatic heterocycles. The molecular formula is C20H25N5O. The Labute approximate surface area is 153 Å². The summed E-state index contributed by atoms with van der Waals surface area (Å²) in [7, 11) is 1.77. The van der Waals surface area contributed by atoms with Gasteiger partial charge in [0.25, 0.3) is 0 Å². The molecule has 136 valence electrons. The number of hydrogen-bond acceptors (Lipinski definition) is 3. The molecule has 3 aromatic rings. The van der Waals surface area contributed by atoms with Gasteiger partial charge in [0.1, 0.15) is 12.4 Å². The molecule has 0 saturated heterocycles. The topological polar surface area (TPSA) is 63.5 Å². The van der Waals surface area contributed by atoms with Gasteiger partial charge in [0.05, 0.1) is 23.9 Å². The monoisotopic (exact) mass is 351 g/mol. The fraction of sp³-hybridized carbons (Fsp3) is 0.300. The Kier molecular flexibility index (Phi) is 6.47. The normalized spacial score (nSPS) is 11.5. The van der Waals surface area contributed by atoms with Crippen molar-refractivity contribution in [3.8, 4) is 5.75 Å². The van der Waals surface area contributed by atoms with E-state index in [9.17, 15) is 0 Å². The highest BCUT2D eigenvalue weighted by Crippen LogP contribution is 2.11. The highest BCUT2D eigenvalue weighted by atomic mass is 16.5. The van der Waals surface area contributed by atoms with Crippen molar-refractivity contribution in [2.45, 2.75) is 13.0 Å². The average Bonchev–Trinajstić information content (AvgIpc) is 3.11. The molecule has 0 aliphatic rings. The number of para-hydroxylation sites is 3. The van der Waals surface area contributed by atoms with Crippen LogP contribution in [0.3, 0.4) is 0 Å². The van der Waals surface area contributed by atoms with E-state index < -0.39 is 0 Å². The minimum Gasteiger partial charge on any atom is -0.492 e. The van der Waals surface area contributed by atoms with Crippen molar-refractivity contribution in [3.63, 3.8) is 0 Å². The van der Waals surface area contributed by atoms with Crippen LogP contribution in [0.2, 0.25) is 0 Å². The van der Waals surface area contributed by atoms with Crippen LogP contribution >= 0.6 is 0 Å². The number of aromatic nitrogens is 2. The van der Waals surface area contributed by atoms with Crippen molar-refractivity contribution in [3.05, 3.63) is 60.9 Å². The molecule has 0 unspecified atom stereocenters. The van der Waals surface area contributed by atoms with Gasteiger partial charge in [-0.25, -0.2) is 4.98 Å². The molecule has 0 fully saturated rings. The number of fused-ring (bicyclic) bond motifs is 1. The van der Waals surface area contributed by atoms with E-state index in [1.54, 1.807) is 7.05 Å². The number of aryl methyl sites for hydroxylation is 1.